The molecule has 0 bridgehead atoms. The van der Waals surface area contributed by atoms with Crippen molar-refractivity contribution >= 4 is 10.1 Å². The van der Waals surface area contributed by atoms with Crippen LogP contribution in [0.4, 0.5) is 13.2 Å². The van der Waals surface area contributed by atoms with Crippen molar-refractivity contribution in [1.82, 2.24) is 4.90 Å². The molecule has 0 radical (unpaired) electrons. The molecule has 0 spiro atoms. The van der Waals surface area contributed by atoms with Gasteiger partial charge in [0.05, 0.1) is 11.8 Å². The smallest absolute Gasteiger partial charge is 0.276 e. The Morgan fingerprint density at radius 1 is 1.10 bits per heavy atom. The summed E-state index contributed by atoms with van der Waals surface area (Å²) in [5.41, 5.74) is 1.29. The molecule has 0 N–H and O–H groups in total. The molecule has 0 amide bonds. The summed E-state index contributed by atoms with van der Waals surface area (Å²) in [6.45, 7) is 0. The minimum Gasteiger partial charge on any atom is -0.276 e. The van der Waals surface area contributed by atoms with Crippen LogP contribution in [-0.2, 0) is 33.3 Å². The Balaban J connectivity index is 1.78. The molecule has 1 fully saturated rings. The molecule has 0 aromatic heterocycles. The number of likely N-dealkylation sites (N-methyl/N-ethyl adjacent to an activating group) is 1. The van der Waals surface area contributed by atoms with E-state index in [9.17, 15) is 21.6 Å². The van der Waals surface area contributed by atoms with Crippen LogP contribution in [-0.4, -0.2) is 38.9 Å². The van der Waals surface area contributed by atoms with E-state index in [1.165, 1.54) is 6.07 Å². The lowest BCUT2D eigenvalue weighted by molar-refractivity contribution is -0.138. The maximum atomic E-state index is 13.6. The van der Waals surface area contributed by atoms with Crippen LogP contribution in [0.3, 0.4) is 0 Å². The van der Waals surface area contributed by atoms with Gasteiger partial charge < -0.3 is 0 Å². The van der Waals surface area contributed by atoms with Crippen LogP contribution in [0.1, 0.15) is 34.6 Å². The highest BCUT2D eigenvalue weighted by Gasteiger charge is 2.52. The third-order valence-corrected chi connectivity index (χ3v) is 6.90. The average molecular weight is 439 g/mol. The van der Waals surface area contributed by atoms with Crippen LogP contribution >= 0.6 is 0 Å². The van der Waals surface area contributed by atoms with Crippen LogP contribution in [0.2, 0.25) is 0 Å². The first kappa shape index (κ1) is 21.3. The van der Waals surface area contributed by atoms with E-state index >= 15 is 0 Å². The van der Waals surface area contributed by atoms with Gasteiger partial charge in [-0.25, -0.2) is 0 Å². The molecule has 1 saturated heterocycles. The third-order valence-electron chi connectivity index (χ3n) is 6.35. The fourth-order valence-electron chi connectivity index (χ4n) is 5.18. The number of rotatable bonds is 4. The molecule has 4 rings (SSSR count). The summed E-state index contributed by atoms with van der Waals surface area (Å²) < 4.78 is 70.2. The van der Waals surface area contributed by atoms with Gasteiger partial charge in [0.15, 0.2) is 0 Å². The maximum absolute atomic E-state index is 13.6. The number of alkyl halides is 3. The largest absolute Gasteiger partial charge is 0.416 e. The Labute approximate surface area is 174 Å². The minimum atomic E-state index is -4.45. The lowest BCUT2D eigenvalue weighted by Gasteiger charge is -2.33. The van der Waals surface area contributed by atoms with Crippen LogP contribution in [0, 0.1) is 5.92 Å². The summed E-state index contributed by atoms with van der Waals surface area (Å²) >= 11 is 0. The zero-order valence-corrected chi connectivity index (χ0v) is 17.6. The van der Waals surface area contributed by atoms with Gasteiger partial charge in [-0.15, -0.1) is 0 Å². The number of hydrogen-bond acceptors (Lipinski definition) is 4. The molecule has 2 aromatic carbocycles. The minimum absolute atomic E-state index is 0.00191. The van der Waals surface area contributed by atoms with Gasteiger partial charge in [-0.3, -0.25) is 9.08 Å². The molecule has 162 valence electrons. The van der Waals surface area contributed by atoms with E-state index in [4.69, 9.17) is 4.18 Å². The van der Waals surface area contributed by atoms with Gasteiger partial charge in [-0.2, -0.15) is 21.6 Å². The van der Waals surface area contributed by atoms with Gasteiger partial charge in [-0.1, -0.05) is 42.5 Å². The molecule has 2 aromatic rings. The zero-order chi connectivity index (χ0) is 21.7. The molecular formula is C22H24F3NO3S. The van der Waals surface area contributed by atoms with E-state index in [1.807, 2.05) is 35.2 Å². The van der Waals surface area contributed by atoms with E-state index in [0.717, 1.165) is 17.9 Å². The van der Waals surface area contributed by atoms with E-state index in [2.05, 4.69) is 0 Å². The standard InChI is InChI=1S/C22H24F3NO3S/c1-26-19(13-14-7-4-3-5-8-14)17-12-11-15-16(9-6-10-18(15)22(23,24)25)20(17)21(26)29-30(2,27)28/h3-10,17,19-21H,11-13H2,1-2H3. The van der Waals surface area contributed by atoms with Crippen molar-refractivity contribution in [3.63, 3.8) is 0 Å². The molecule has 4 unspecified atom stereocenters. The number of benzene rings is 2. The molecule has 1 aliphatic heterocycles. The quantitative estimate of drug-likeness (QED) is 0.670. The molecule has 4 atom stereocenters. The summed E-state index contributed by atoms with van der Waals surface area (Å²) in [5.74, 6) is -0.442. The normalized spacial score (nSPS) is 27.0. The topological polar surface area (TPSA) is 46.6 Å². The molecule has 4 nitrogen and oxygen atoms in total. The molecule has 30 heavy (non-hydrogen) atoms. The zero-order valence-electron chi connectivity index (χ0n) is 16.8. The lowest BCUT2D eigenvalue weighted by Crippen LogP contribution is -2.38. The fourth-order valence-corrected chi connectivity index (χ4v) is 5.80. The predicted octanol–water partition coefficient (Wildman–Crippen LogP) is 4.21. The van der Waals surface area contributed by atoms with Crippen molar-refractivity contribution in [1.29, 1.82) is 0 Å². The summed E-state index contributed by atoms with van der Waals surface area (Å²) in [6.07, 6.45) is -2.75. The van der Waals surface area contributed by atoms with Gasteiger partial charge in [0, 0.05) is 12.0 Å². The Hall–Kier alpha value is -1.90. The Kier molecular flexibility index (Phi) is 5.45. The van der Waals surface area contributed by atoms with Gasteiger partial charge in [0.25, 0.3) is 10.1 Å². The second-order valence-electron chi connectivity index (χ2n) is 8.21. The van der Waals surface area contributed by atoms with Gasteiger partial charge >= 0.3 is 6.18 Å². The second-order valence-corrected chi connectivity index (χ2v) is 9.81. The van der Waals surface area contributed by atoms with E-state index in [-0.39, 0.29) is 17.5 Å². The van der Waals surface area contributed by atoms with E-state index < -0.39 is 34.0 Å². The SMILES string of the molecule is CN1C(Cc2ccccc2)C2CCc3c(cccc3C(F)(F)F)C2C1OS(C)(=O)=O. The predicted molar refractivity (Wildman–Crippen MR) is 107 cm³/mol. The van der Waals surface area contributed by atoms with Gasteiger partial charge in [-0.05, 0) is 55.0 Å². The molecule has 8 heteroatoms. The molecule has 1 aliphatic carbocycles. The summed E-state index contributed by atoms with van der Waals surface area (Å²) in [7, 11) is -1.99. The van der Waals surface area contributed by atoms with Crippen molar-refractivity contribution < 1.29 is 25.8 Å². The summed E-state index contributed by atoms with van der Waals surface area (Å²) in [6, 6.07) is 14.0. The third kappa shape index (κ3) is 4.00. The molecule has 0 saturated carbocycles. The van der Waals surface area contributed by atoms with E-state index in [1.54, 1.807) is 13.1 Å². The molecule has 2 aliphatic rings. The van der Waals surface area contributed by atoms with E-state index in [0.29, 0.717) is 24.8 Å². The van der Waals surface area contributed by atoms with Gasteiger partial charge in [0.2, 0.25) is 0 Å². The van der Waals surface area contributed by atoms with Crippen LogP contribution in [0.5, 0.6) is 0 Å². The van der Waals surface area contributed by atoms with Crippen LogP contribution < -0.4 is 0 Å². The van der Waals surface area contributed by atoms with Crippen molar-refractivity contribution in [2.45, 2.75) is 43.6 Å². The first-order valence-electron chi connectivity index (χ1n) is 9.89. The second kappa shape index (κ2) is 7.66. The highest BCUT2D eigenvalue weighted by atomic mass is 32.2. The highest BCUT2D eigenvalue weighted by Crippen LogP contribution is 2.51. The molecular weight excluding hydrogens is 415 g/mol. The van der Waals surface area contributed by atoms with Crippen LogP contribution in [0.15, 0.2) is 48.5 Å². The van der Waals surface area contributed by atoms with Gasteiger partial charge in [0.1, 0.15) is 6.23 Å². The average Bonchev–Trinajstić information content (AvgIpc) is 2.92. The lowest BCUT2D eigenvalue weighted by atomic mass is 9.72. The monoisotopic (exact) mass is 439 g/mol. The summed E-state index contributed by atoms with van der Waals surface area (Å²) in [5, 5.41) is 0. The van der Waals surface area contributed by atoms with Crippen molar-refractivity contribution in [3.05, 3.63) is 70.8 Å². The summed E-state index contributed by atoms with van der Waals surface area (Å²) in [4.78, 5) is 1.89. The number of likely N-dealkylation sites (tertiary alicyclic amines) is 1. The van der Waals surface area contributed by atoms with Crippen molar-refractivity contribution in [2.75, 3.05) is 13.3 Å². The Morgan fingerprint density at radius 2 is 1.80 bits per heavy atom. The number of halogens is 3. The van der Waals surface area contributed by atoms with Crippen molar-refractivity contribution in [2.24, 2.45) is 5.92 Å². The number of hydrogen-bond donors (Lipinski definition) is 0. The van der Waals surface area contributed by atoms with Crippen LogP contribution in [0.25, 0.3) is 0 Å². The highest BCUT2D eigenvalue weighted by molar-refractivity contribution is 7.86. The fraction of sp³-hybridized carbons (Fsp3) is 0.455. The number of nitrogens with zero attached hydrogens (tertiary/aromatic N) is 1. The van der Waals surface area contributed by atoms with Crippen molar-refractivity contribution in [3.8, 4) is 0 Å². The first-order valence-corrected chi connectivity index (χ1v) is 11.7. The molecule has 1 heterocycles. The number of fused-ring (bicyclic) bond motifs is 3. The Morgan fingerprint density at radius 3 is 2.43 bits per heavy atom. The maximum Gasteiger partial charge on any atom is 0.416 e. The Bertz CT molecular complexity index is 1020. The first-order chi connectivity index (χ1) is 14.1.